The number of nitrogens with zero attached hydrogens (tertiary/aromatic N) is 1. The van der Waals surface area contributed by atoms with E-state index in [0.717, 1.165) is 11.1 Å². The third kappa shape index (κ3) is 6.03. The lowest BCUT2D eigenvalue weighted by Gasteiger charge is -2.16. The summed E-state index contributed by atoms with van der Waals surface area (Å²) in [5.41, 5.74) is 1.95. The van der Waals surface area contributed by atoms with Crippen LogP contribution in [0.3, 0.4) is 0 Å². The number of allylic oxidation sites excluding steroid dienone is 2. The third-order valence-electron chi connectivity index (χ3n) is 4.03. The second-order valence-corrected chi connectivity index (χ2v) is 7.92. The minimum Gasteiger partial charge on any atom is -0.480 e. The Morgan fingerprint density at radius 2 is 2.00 bits per heavy atom. The molecule has 8 heteroatoms. The van der Waals surface area contributed by atoms with Crippen LogP contribution in [0.5, 0.6) is 0 Å². The summed E-state index contributed by atoms with van der Waals surface area (Å²) < 4.78 is 0.391. The molecule has 0 radical (unpaired) electrons. The average Bonchev–Trinajstić information content (AvgIpc) is 2.91. The lowest BCUT2D eigenvalue weighted by molar-refractivity contribution is -0.142. The number of hydrogen-bond donors (Lipinski definition) is 2. The molecule has 2 rings (SSSR count). The van der Waals surface area contributed by atoms with Crippen LogP contribution in [0.4, 0.5) is 0 Å². The highest BCUT2D eigenvalue weighted by molar-refractivity contribution is 8.26. The summed E-state index contributed by atoms with van der Waals surface area (Å²) >= 11 is 6.46. The van der Waals surface area contributed by atoms with Gasteiger partial charge in [-0.25, -0.2) is 4.79 Å². The monoisotopic (exact) mass is 418 g/mol. The van der Waals surface area contributed by atoms with Gasteiger partial charge in [0.15, 0.2) is 0 Å². The Balaban J connectivity index is 1.98. The first-order chi connectivity index (χ1) is 13.3. The number of hydrogen-bond acceptors (Lipinski definition) is 5. The number of benzene rings is 1. The maximum atomic E-state index is 12.6. The van der Waals surface area contributed by atoms with Crippen LogP contribution >= 0.6 is 24.0 Å². The number of amides is 2. The summed E-state index contributed by atoms with van der Waals surface area (Å²) in [5, 5.41) is 11.4. The van der Waals surface area contributed by atoms with E-state index in [9.17, 15) is 14.4 Å². The zero-order chi connectivity index (χ0) is 20.7. The first-order valence-corrected chi connectivity index (χ1v) is 10.0. The minimum atomic E-state index is -1.08. The van der Waals surface area contributed by atoms with Crippen LogP contribution in [0, 0.1) is 0 Å². The number of carboxylic acid groups (broad SMARTS) is 1. The predicted molar refractivity (Wildman–Crippen MR) is 115 cm³/mol. The van der Waals surface area contributed by atoms with E-state index in [2.05, 4.69) is 5.32 Å². The van der Waals surface area contributed by atoms with Gasteiger partial charge in [-0.1, -0.05) is 67.3 Å². The van der Waals surface area contributed by atoms with Gasteiger partial charge in [-0.3, -0.25) is 14.5 Å². The molecular weight excluding hydrogens is 396 g/mol. The van der Waals surface area contributed by atoms with E-state index in [1.165, 1.54) is 16.7 Å². The molecule has 0 aromatic heterocycles. The molecule has 1 aromatic rings. The smallest absolute Gasteiger partial charge is 0.326 e. The average molecular weight is 419 g/mol. The van der Waals surface area contributed by atoms with Gasteiger partial charge in [-0.05, 0) is 30.6 Å². The molecular formula is C20H22N2O4S2. The number of carboxylic acids is 1. The number of aliphatic carboxylic acids is 1. The number of carbonyl (C=O) groups excluding carboxylic acids is 2. The fourth-order valence-corrected chi connectivity index (χ4v) is 3.93. The highest BCUT2D eigenvalue weighted by atomic mass is 32.2. The number of nitrogens with one attached hydrogen (secondary N) is 1. The van der Waals surface area contributed by atoms with E-state index in [1.54, 1.807) is 13.0 Å². The van der Waals surface area contributed by atoms with Gasteiger partial charge in [0.05, 0.1) is 4.91 Å². The topological polar surface area (TPSA) is 86.7 Å². The molecule has 2 amide bonds. The highest BCUT2D eigenvalue weighted by Gasteiger charge is 2.32. The maximum Gasteiger partial charge on any atom is 0.326 e. The summed E-state index contributed by atoms with van der Waals surface area (Å²) in [7, 11) is 0. The van der Waals surface area contributed by atoms with Crippen molar-refractivity contribution in [2.24, 2.45) is 0 Å². The molecule has 1 aliphatic rings. The SMILES string of the molecule is CCC(NC(=O)CCN1C(=O)C(=CC(C)=Cc2ccccc2)SC1=S)C(=O)O. The van der Waals surface area contributed by atoms with Crippen molar-refractivity contribution >= 4 is 52.2 Å². The first kappa shape index (κ1) is 21.8. The number of thiocarbonyl (C=S) groups is 1. The van der Waals surface area contributed by atoms with E-state index in [0.29, 0.717) is 9.23 Å². The van der Waals surface area contributed by atoms with Crippen molar-refractivity contribution in [2.75, 3.05) is 6.54 Å². The first-order valence-electron chi connectivity index (χ1n) is 8.82. The van der Waals surface area contributed by atoms with Crippen molar-refractivity contribution < 1.29 is 19.5 Å². The van der Waals surface area contributed by atoms with Crippen molar-refractivity contribution in [3.8, 4) is 0 Å². The van der Waals surface area contributed by atoms with Gasteiger partial charge >= 0.3 is 5.97 Å². The zero-order valence-corrected chi connectivity index (χ0v) is 17.3. The summed E-state index contributed by atoms with van der Waals surface area (Å²) in [6.45, 7) is 3.70. The largest absolute Gasteiger partial charge is 0.480 e. The minimum absolute atomic E-state index is 0.0116. The molecule has 0 bridgehead atoms. The molecule has 1 heterocycles. The Bertz CT molecular complexity index is 834. The molecule has 1 atom stereocenters. The lowest BCUT2D eigenvalue weighted by atomic mass is 10.1. The van der Waals surface area contributed by atoms with E-state index in [-0.39, 0.29) is 25.3 Å². The lowest BCUT2D eigenvalue weighted by Crippen LogP contribution is -2.42. The number of carbonyl (C=O) groups is 3. The summed E-state index contributed by atoms with van der Waals surface area (Å²) in [5.74, 6) is -1.74. The van der Waals surface area contributed by atoms with Gasteiger partial charge < -0.3 is 10.4 Å². The zero-order valence-electron chi connectivity index (χ0n) is 15.7. The van der Waals surface area contributed by atoms with E-state index in [4.69, 9.17) is 17.3 Å². The van der Waals surface area contributed by atoms with Crippen LogP contribution in [0.25, 0.3) is 6.08 Å². The highest BCUT2D eigenvalue weighted by Crippen LogP contribution is 2.32. The molecule has 6 nitrogen and oxygen atoms in total. The van der Waals surface area contributed by atoms with Crippen LogP contribution < -0.4 is 5.32 Å². The normalized spacial score (nSPS) is 17.1. The number of rotatable bonds is 8. The molecule has 0 spiro atoms. The van der Waals surface area contributed by atoms with Gasteiger partial charge in [0.1, 0.15) is 10.4 Å². The van der Waals surface area contributed by atoms with Crippen molar-refractivity contribution in [3.63, 3.8) is 0 Å². The van der Waals surface area contributed by atoms with Crippen LogP contribution in [0.2, 0.25) is 0 Å². The fraction of sp³-hybridized carbons (Fsp3) is 0.300. The molecule has 0 aliphatic carbocycles. The van der Waals surface area contributed by atoms with Crippen molar-refractivity contribution in [1.29, 1.82) is 0 Å². The summed E-state index contributed by atoms with van der Waals surface area (Å²) in [6.07, 6.45) is 4.03. The van der Waals surface area contributed by atoms with Gasteiger partial charge in [0.25, 0.3) is 5.91 Å². The van der Waals surface area contributed by atoms with Crippen LogP contribution in [-0.2, 0) is 14.4 Å². The molecule has 2 N–H and O–H groups in total. The molecule has 1 aromatic carbocycles. The van der Waals surface area contributed by atoms with E-state index < -0.39 is 17.9 Å². The Hall–Kier alpha value is -2.45. The molecule has 0 saturated carbocycles. The maximum absolute atomic E-state index is 12.6. The Morgan fingerprint density at radius 3 is 2.61 bits per heavy atom. The van der Waals surface area contributed by atoms with E-state index in [1.807, 2.05) is 43.3 Å². The van der Waals surface area contributed by atoms with Crippen molar-refractivity contribution in [1.82, 2.24) is 10.2 Å². The van der Waals surface area contributed by atoms with Gasteiger partial charge in [-0.15, -0.1) is 0 Å². The van der Waals surface area contributed by atoms with Gasteiger partial charge in [0.2, 0.25) is 5.91 Å². The molecule has 1 aliphatic heterocycles. The Kier molecular flexibility index (Phi) is 7.95. The molecule has 1 unspecified atom stereocenters. The Morgan fingerprint density at radius 1 is 1.32 bits per heavy atom. The molecule has 1 saturated heterocycles. The van der Waals surface area contributed by atoms with Crippen LogP contribution in [-0.4, -0.2) is 44.7 Å². The van der Waals surface area contributed by atoms with Gasteiger partial charge in [-0.2, -0.15) is 0 Å². The second kappa shape index (κ2) is 10.2. The fourth-order valence-electron chi connectivity index (χ4n) is 2.57. The summed E-state index contributed by atoms with van der Waals surface area (Å²) in [4.78, 5) is 37.4. The number of thioether (sulfide) groups is 1. The van der Waals surface area contributed by atoms with Gasteiger partial charge in [0, 0.05) is 13.0 Å². The predicted octanol–water partition coefficient (Wildman–Crippen LogP) is 3.20. The summed E-state index contributed by atoms with van der Waals surface area (Å²) in [6, 6.07) is 8.84. The van der Waals surface area contributed by atoms with Crippen molar-refractivity contribution in [2.45, 2.75) is 32.7 Å². The second-order valence-electron chi connectivity index (χ2n) is 6.25. The van der Waals surface area contributed by atoms with Crippen LogP contribution in [0.1, 0.15) is 32.3 Å². The molecule has 148 valence electrons. The standard InChI is InChI=1S/C20H22N2O4S2/c1-3-15(19(25)26)21-17(23)9-10-22-18(24)16(28-20(22)27)12-13(2)11-14-7-5-4-6-8-14/h4-8,11-12,15H,3,9-10H2,1-2H3,(H,21,23)(H,25,26). The molecule has 1 fully saturated rings. The quantitative estimate of drug-likeness (QED) is 0.498. The third-order valence-corrected chi connectivity index (χ3v) is 5.41. The van der Waals surface area contributed by atoms with Crippen molar-refractivity contribution in [3.05, 3.63) is 52.4 Å². The van der Waals surface area contributed by atoms with Crippen LogP contribution in [0.15, 0.2) is 46.9 Å². The molecule has 28 heavy (non-hydrogen) atoms. The Labute approximate surface area is 173 Å². The van der Waals surface area contributed by atoms with E-state index >= 15 is 0 Å².